The zero-order valence-electron chi connectivity index (χ0n) is 12.4. The Kier molecular flexibility index (Phi) is 5.87. The summed E-state index contributed by atoms with van der Waals surface area (Å²) in [6.45, 7) is 4.05. The average Bonchev–Trinajstić information content (AvgIpc) is 3.28. The van der Waals surface area contributed by atoms with E-state index in [1.165, 1.54) is 31.2 Å². The molecule has 0 aromatic heterocycles. The Morgan fingerprint density at radius 3 is 2.70 bits per heavy atom. The van der Waals surface area contributed by atoms with Crippen molar-refractivity contribution in [2.24, 2.45) is 5.73 Å². The highest BCUT2D eigenvalue weighted by Crippen LogP contribution is 2.36. The van der Waals surface area contributed by atoms with E-state index in [0.29, 0.717) is 12.6 Å². The molecule has 0 heterocycles. The Morgan fingerprint density at radius 2 is 2.20 bits per heavy atom. The molecular formula is C16H25BrN2O. The maximum Gasteiger partial charge on any atom is 0.133 e. The summed E-state index contributed by atoms with van der Waals surface area (Å²) < 4.78 is 6.31. The zero-order valence-corrected chi connectivity index (χ0v) is 14.0. The molecule has 0 spiro atoms. The minimum absolute atomic E-state index is 0.316. The van der Waals surface area contributed by atoms with Crippen molar-refractivity contribution in [2.45, 2.75) is 44.7 Å². The van der Waals surface area contributed by atoms with Crippen molar-refractivity contribution in [1.82, 2.24) is 4.90 Å². The Labute approximate surface area is 130 Å². The van der Waals surface area contributed by atoms with Gasteiger partial charge in [-0.2, -0.15) is 0 Å². The van der Waals surface area contributed by atoms with E-state index in [-0.39, 0.29) is 0 Å². The van der Waals surface area contributed by atoms with Crippen molar-refractivity contribution in [1.29, 1.82) is 0 Å². The van der Waals surface area contributed by atoms with E-state index in [0.717, 1.165) is 22.8 Å². The van der Waals surface area contributed by atoms with E-state index in [9.17, 15) is 0 Å². The summed E-state index contributed by atoms with van der Waals surface area (Å²) in [5, 5.41) is 0. The van der Waals surface area contributed by atoms with Gasteiger partial charge >= 0.3 is 0 Å². The summed E-state index contributed by atoms with van der Waals surface area (Å²) in [4.78, 5) is 2.59. The minimum atomic E-state index is 0.316. The third-order valence-electron chi connectivity index (χ3n) is 3.97. The number of unbranched alkanes of at least 4 members (excludes halogenated alkanes) is 1. The Hall–Kier alpha value is -0.580. The first kappa shape index (κ1) is 15.8. The fourth-order valence-corrected chi connectivity index (χ4v) is 3.25. The smallest absolute Gasteiger partial charge is 0.133 e. The van der Waals surface area contributed by atoms with Crippen LogP contribution in [0.3, 0.4) is 0 Å². The normalized spacial score (nSPS) is 16.4. The predicted octanol–water partition coefficient (Wildman–Crippen LogP) is 3.72. The fourth-order valence-electron chi connectivity index (χ4n) is 2.69. The molecule has 1 saturated carbocycles. The number of rotatable bonds is 8. The molecule has 3 nitrogen and oxygen atoms in total. The van der Waals surface area contributed by atoms with Crippen LogP contribution < -0.4 is 10.5 Å². The second kappa shape index (κ2) is 7.43. The van der Waals surface area contributed by atoms with Crippen LogP contribution >= 0.6 is 15.9 Å². The van der Waals surface area contributed by atoms with Gasteiger partial charge in [-0.15, -0.1) is 0 Å². The van der Waals surface area contributed by atoms with Crippen LogP contribution in [0.25, 0.3) is 0 Å². The van der Waals surface area contributed by atoms with Crippen molar-refractivity contribution in [2.75, 3.05) is 20.2 Å². The first-order valence-corrected chi connectivity index (χ1v) is 8.29. The van der Waals surface area contributed by atoms with Crippen LogP contribution in [0.5, 0.6) is 5.75 Å². The highest BCUT2D eigenvalue weighted by molar-refractivity contribution is 9.10. The van der Waals surface area contributed by atoms with Gasteiger partial charge in [0.1, 0.15) is 5.75 Å². The fraction of sp³-hybridized carbons (Fsp3) is 0.625. The standard InChI is InChI=1S/C16H25BrN2O/c1-3-4-9-19(13-6-7-13)15(11-18)12-5-8-16(20-2)14(17)10-12/h5,8,10,13,15H,3-4,6-7,9,11,18H2,1-2H3. The largest absolute Gasteiger partial charge is 0.496 e. The summed E-state index contributed by atoms with van der Waals surface area (Å²) in [5.74, 6) is 0.871. The second-order valence-electron chi connectivity index (χ2n) is 5.47. The average molecular weight is 341 g/mol. The topological polar surface area (TPSA) is 38.5 Å². The molecule has 1 atom stereocenters. The number of methoxy groups -OCH3 is 1. The first-order chi connectivity index (χ1) is 9.71. The van der Waals surface area contributed by atoms with Crippen molar-refractivity contribution in [3.63, 3.8) is 0 Å². The van der Waals surface area contributed by atoms with Gasteiger partial charge in [0, 0.05) is 18.6 Å². The maximum absolute atomic E-state index is 6.08. The number of benzene rings is 1. The van der Waals surface area contributed by atoms with Crippen molar-refractivity contribution < 1.29 is 4.74 Å². The lowest BCUT2D eigenvalue weighted by Gasteiger charge is -2.31. The monoisotopic (exact) mass is 340 g/mol. The molecule has 20 heavy (non-hydrogen) atoms. The van der Waals surface area contributed by atoms with Crippen LogP contribution in [0, 0.1) is 0 Å². The SMILES string of the molecule is CCCCN(C1CC1)C(CN)c1ccc(OC)c(Br)c1. The lowest BCUT2D eigenvalue weighted by molar-refractivity contribution is 0.188. The van der Waals surface area contributed by atoms with Gasteiger partial charge in [-0.05, 0) is 59.4 Å². The van der Waals surface area contributed by atoms with Gasteiger partial charge in [-0.3, -0.25) is 4.90 Å². The van der Waals surface area contributed by atoms with E-state index in [4.69, 9.17) is 10.5 Å². The summed E-state index contributed by atoms with van der Waals surface area (Å²) in [7, 11) is 1.69. The molecule has 0 bridgehead atoms. The molecule has 0 radical (unpaired) electrons. The maximum atomic E-state index is 6.08. The van der Waals surface area contributed by atoms with Crippen LogP contribution in [-0.2, 0) is 0 Å². The Morgan fingerprint density at radius 1 is 1.45 bits per heavy atom. The van der Waals surface area contributed by atoms with E-state index in [1.54, 1.807) is 7.11 Å². The molecule has 0 amide bonds. The van der Waals surface area contributed by atoms with Crippen LogP contribution in [-0.4, -0.2) is 31.1 Å². The second-order valence-corrected chi connectivity index (χ2v) is 6.32. The number of nitrogens with two attached hydrogens (primary N) is 1. The molecule has 1 fully saturated rings. The van der Waals surface area contributed by atoms with Crippen molar-refractivity contribution >= 4 is 15.9 Å². The molecule has 2 N–H and O–H groups in total. The minimum Gasteiger partial charge on any atom is -0.496 e. The van der Waals surface area contributed by atoms with Gasteiger partial charge in [0.2, 0.25) is 0 Å². The van der Waals surface area contributed by atoms with Crippen molar-refractivity contribution in [3.8, 4) is 5.75 Å². The van der Waals surface area contributed by atoms with Crippen LogP contribution in [0.2, 0.25) is 0 Å². The lowest BCUT2D eigenvalue weighted by atomic mass is 10.0. The van der Waals surface area contributed by atoms with Gasteiger partial charge in [-0.25, -0.2) is 0 Å². The molecule has 1 unspecified atom stereocenters. The van der Waals surface area contributed by atoms with Crippen molar-refractivity contribution in [3.05, 3.63) is 28.2 Å². The molecule has 0 saturated heterocycles. The van der Waals surface area contributed by atoms with E-state index < -0.39 is 0 Å². The third-order valence-corrected chi connectivity index (χ3v) is 4.59. The number of halogens is 1. The molecular weight excluding hydrogens is 316 g/mol. The van der Waals surface area contributed by atoms with Gasteiger partial charge in [-0.1, -0.05) is 19.4 Å². The highest BCUT2D eigenvalue weighted by Gasteiger charge is 2.33. The summed E-state index contributed by atoms with van der Waals surface area (Å²) in [6.07, 6.45) is 5.10. The Balaban J connectivity index is 2.18. The Bertz CT molecular complexity index is 434. The molecule has 1 aliphatic carbocycles. The number of hydrogen-bond acceptors (Lipinski definition) is 3. The summed E-state index contributed by atoms with van der Waals surface area (Å²) in [6, 6.07) is 7.36. The highest BCUT2D eigenvalue weighted by atomic mass is 79.9. The number of nitrogens with zero attached hydrogens (tertiary/aromatic N) is 1. The molecule has 0 aliphatic heterocycles. The third kappa shape index (κ3) is 3.74. The number of hydrogen-bond donors (Lipinski definition) is 1. The van der Waals surface area contributed by atoms with Gasteiger partial charge in [0.05, 0.1) is 11.6 Å². The summed E-state index contributed by atoms with van der Waals surface area (Å²) in [5.41, 5.74) is 7.36. The van der Waals surface area contributed by atoms with Crippen LogP contribution in [0.1, 0.15) is 44.2 Å². The number of ether oxygens (including phenoxy) is 1. The van der Waals surface area contributed by atoms with Crippen LogP contribution in [0.15, 0.2) is 22.7 Å². The van der Waals surface area contributed by atoms with Gasteiger partial charge < -0.3 is 10.5 Å². The van der Waals surface area contributed by atoms with Crippen LogP contribution in [0.4, 0.5) is 0 Å². The quantitative estimate of drug-likeness (QED) is 0.783. The first-order valence-electron chi connectivity index (χ1n) is 7.50. The molecule has 4 heteroatoms. The molecule has 1 aliphatic rings. The predicted molar refractivity (Wildman–Crippen MR) is 87.1 cm³/mol. The molecule has 2 rings (SSSR count). The molecule has 1 aromatic rings. The van der Waals surface area contributed by atoms with Gasteiger partial charge in [0.25, 0.3) is 0 Å². The van der Waals surface area contributed by atoms with E-state index in [1.807, 2.05) is 6.07 Å². The lowest BCUT2D eigenvalue weighted by Crippen LogP contribution is -2.36. The van der Waals surface area contributed by atoms with Gasteiger partial charge in [0.15, 0.2) is 0 Å². The zero-order chi connectivity index (χ0) is 14.5. The van der Waals surface area contributed by atoms with E-state index in [2.05, 4.69) is 39.9 Å². The molecule has 1 aromatic carbocycles. The summed E-state index contributed by atoms with van der Waals surface area (Å²) >= 11 is 3.57. The molecule has 112 valence electrons. The van der Waals surface area contributed by atoms with E-state index >= 15 is 0 Å².